The van der Waals surface area contributed by atoms with Crippen LogP contribution in [0.4, 0.5) is 11.4 Å². The summed E-state index contributed by atoms with van der Waals surface area (Å²) in [7, 11) is -3.68. The molecule has 2 N–H and O–H groups in total. The number of para-hydroxylation sites is 1. The van der Waals surface area contributed by atoms with E-state index in [1.165, 1.54) is 0 Å². The number of aryl methyl sites for hydroxylation is 2. The maximum Gasteiger partial charge on any atom is 0.261 e. The Hall–Kier alpha value is -3.12. The highest BCUT2D eigenvalue weighted by Crippen LogP contribution is 2.28. The number of hydrogen-bond acceptors (Lipinski definition) is 3. The van der Waals surface area contributed by atoms with Crippen LogP contribution in [0.1, 0.15) is 46.8 Å². The number of sulfonamides is 1. The normalized spacial score (nSPS) is 11.4. The van der Waals surface area contributed by atoms with Gasteiger partial charge in [0, 0.05) is 16.9 Å². The maximum atomic E-state index is 12.7. The van der Waals surface area contributed by atoms with Gasteiger partial charge in [-0.1, -0.05) is 49.7 Å². The van der Waals surface area contributed by atoms with E-state index in [1.807, 2.05) is 32.0 Å². The van der Waals surface area contributed by atoms with Gasteiger partial charge in [0.2, 0.25) is 0 Å². The SMILES string of the molecule is Cc1ccc(S(=O)(=O)Nc2ccc(C(=O)Nc3c(C)cccc3C(C)C)cc2)cc1. The van der Waals surface area contributed by atoms with Crippen LogP contribution in [0.3, 0.4) is 0 Å². The molecular formula is C24H26N2O3S. The quantitative estimate of drug-likeness (QED) is 0.552. The summed E-state index contributed by atoms with van der Waals surface area (Å²) in [6.45, 7) is 8.03. The molecule has 156 valence electrons. The first-order valence-electron chi connectivity index (χ1n) is 9.78. The summed E-state index contributed by atoms with van der Waals surface area (Å²) >= 11 is 0. The van der Waals surface area contributed by atoms with Gasteiger partial charge in [-0.25, -0.2) is 8.42 Å². The second-order valence-corrected chi connectivity index (χ2v) is 9.33. The lowest BCUT2D eigenvalue weighted by atomic mass is 9.98. The van der Waals surface area contributed by atoms with E-state index in [4.69, 9.17) is 0 Å². The highest BCUT2D eigenvalue weighted by atomic mass is 32.2. The number of nitrogens with one attached hydrogen (secondary N) is 2. The molecule has 0 atom stereocenters. The third-order valence-corrected chi connectivity index (χ3v) is 6.29. The van der Waals surface area contributed by atoms with Gasteiger partial charge >= 0.3 is 0 Å². The van der Waals surface area contributed by atoms with E-state index >= 15 is 0 Å². The first kappa shape index (κ1) is 21.6. The summed E-state index contributed by atoms with van der Waals surface area (Å²) in [5.41, 5.74) is 4.72. The molecule has 5 nitrogen and oxygen atoms in total. The third kappa shape index (κ3) is 4.89. The van der Waals surface area contributed by atoms with E-state index in [-0.39, 0.29) is 16.7 Å². The van der Waals surface area contributed by atoms with Crippen molar-refractivity contribution >= 4 is 27.3 Å². The molecule has 3 aromatic rings. The molecule has 6 heteroatoms. The molecule has 0 aliphatic carbocycles. The molecule has 0 radical (unpaired) electrons. The summed E-state index contributed by atoms with van der Waals surface area (Å²) in [5, 5.41) is 3.00. The Morgan fingerprint density at radius 1 is 0.867 bits per heavy atom. The number of carbonyl (C=O) groups excluding carboxylic acids is 1. The zero-order valence-corrected chi connectivity index (χ0v) is 18.4. The predicted molar refractivity (Wildman–Crippen MR) is 122 cm³/mol. The van der Waals surface area contributed by atoms with Gasteiger partial charge in [-0.15, -0.1) is 0 Å². The smallest absolute Gasteiger partial charge is 0.261 e. The van der Waals surface area contributed by atoms with Crippen molar-refractivity contribution in [2.24, 2.45) is 0 Å². The summed E-state index contributed by atoms with van der Waals surface area (Å²) in [5.74, 6) is 0.0397. The number of anilines is 2. The van der Waals surface area contributed by atoms with E-state index in [0.29, 0.717) is 11.3 Å². The van der Waals surface area contributed by atoms with Crippen LogP contribution in [-0.2, 0) is 10.0 Å². The van der Waals surface area contributed by atoms with Crippen LogP contribution >= 0.6 is 0 Å². The molecule has 0 saturated heterocycles. The second kappa shape index (κ2) is 8.71. The minimum absolute atomic E-state index is 0.190. The maximum absolute atomic E-state index is 12.7. The van der Waals surface area contributed by atoms with E-state index < -0.39 is 10.0 Å². The van der Waals surface area contributed by atoms with Crippen LogP contribution < -0.4 is 10.0 Å². The molecular weight excluding hydrogens is 396 g/mol. The van der Waals surface area contributed by atoms with Gasteiger partial charge in [-0.3, -0.25) is 9.52 Å². The molecule has 30 heavy (non-hydrogen) atoms. The average molecular weight is 423 g/mol. The van der Waals surface area contributed by atoms with Crippen molar-refractivity contribution in [2.45, 2.75) is 38.5 Å². The summed E-state index contributed by atoms with van der Waals surface area (Å²) in [6, 6.07) is 19.0. The molecule has 0 bridgehead atoms. The molecule has 0 aliphatic heterocycles. The number of amides is 1. The Balaban J connectivity index is 1.76. The van der Waals surface area contributed by atoms with Crippen molar-refractivity contribution < 1.29 is 13.2 Å². The van der Waals surface area contributed by atoms with Gasteiger partial charge in [0.25, 0.3) is 15.9 Å². The highest BCUT2D eigenvalue weighted by Gasteiger charge is 2.16. The van der Waals surface area contributed by atoms with E-state index in [2.05, 4.69) is 23.9 Å². The first-order valence-corrected chi connectivity index (χ1v) is 11.3. The van der Waals surface area contributed by atoms with Crippen molar-refractivity contribution in [3.63, 3.8) is 0 Å². The minimum Gasteiger partial charge on any atom is -0.321 e. The molecule has 0 fully saturated rings. The molecule has 3 aromatic carbocycles. The molecule has 3 rings (SSSR count). The minimum atomic E-state index is -3.68. The van der Waals surface area contributed by atoms with Gasteiger partial charge in [-0.05, 0) is 67.3 Å². The van der Waals surface area contributed by atoms with Crippen LogP contribution in [0.15, 0.2) is 71.6 Å². The molecule has 0 saturated carbocycles. The van der Waals surface area contributed by atoms with Gasteiger partial charge in [0.1, 0.15) is 0 Å². The van der Waals surface area contributed by atoms with Crippen LogP contribution in [0.5, 0.6) is 0 Å². The highest BCUT2D eigenvalue weighted by molar-refractivity contribution is 7.92. The van der Waals surface area contributed by atoms with E-state index in [9.17, 15) is 13.2 Å². The van der Waals surface area contributed by atoms with Gasteiger partial charge < -0.3 is 5.32 Å². The largest absolute Gasteiger partial charge is 0.321 e. The van der Waals surface area contributed by atoms with Crippen molar-refractivity contribution in [3.05, 3.63) is 89.0 Å². The third-order valence-electron chi connectivity index (χ3n) is 4.90. The predicted octanol–water partition coefficient (Wildman–Crippen LogP) is 5.48. The van der Waals surface area contributed by atoms with Crippen molar-refractivity contribution in [3.8, 4) is 0 Å². The van der Waals surface area contributed by atoms with Crippen molar-refractivity contribution in [1.82, 2.24) is 0 Å². The van der Waals surface area contributed by atoms with Crippen LogP contribution in [0.25, 0.3) is 0 Å². The molecule has 0 unspecified atom stereocenters. The number of benzene rings is 3. The Morgan fingerprint density at radius 3 is 2.10 bits per heavy atom. The molecule has 0 aliphatic rings. The zero-order valence-electron chi connectivity index (χ0n) is 17.6. The fourth-order valence-corrected chi connectivity index (χ4v) is 4.21. The lowest BCUT2D eigenvalue weighted by Crippen LogP contribution is -2.15. The standard InChI is InChI=1S/C24H26N2O3S/c1-16(2)22-7-5-6-18(4)23(22)25-24(27)19-10-12-20(13-11-19)26-30(28,29)21-14-8-17(3)9-15-21/h5-16,26H,1-4H3,(H,25,27). The first-order chi connectivity index (χ1) is 14.2. The summed E-state index contributed by atoms with van der Waals surface area (Å²) in [4.78, 5) is 12.9. The number of carbonyl (C=O) groups is 1. The van der Waals surface area contributed by atoms with Crippen molar-refractivity contribution in [2.75, 3.05) is 10.0 Å². The van der Waals surface area contributed by atoms with E-state index in [0.717, 1.165) is 22.4 Å². The van der Waals surface area contributed by atoms with E-state index in [1.54, 1.807) is 48.5 Å². The monoisotopic (exact) mass is 422 g/mol. The summed E-state index contributed by atoms with van der Waals surface area (Å²) in [6.07, 6.45) is 0. The lowest BCUT2D eigenvalue weighted by molar-refractivity contribution is 0.102. The fraction of sp³-hybridized carbons (Fsp3) is 0.208. The molecule has 0 aromatic heterocycles. The van der Waals surface area contributed by atoms with Crippen LogP contribution in [0.2, 0.25) is 0 Å². The van der Waals surface area contributed by atoms with Gasteiger partial charge in [-0.2, -0.15) is 0 Å². The van der Waals surface area contributed by atoms with Gasteiger partial charge in [0.05, 0.1) is 4.90 Å². The topological polar surface area (TPSA) is 75.3 Å². The zero-order chi connectivity index (χ0) is 21.9. The van der Waals surface area contributed by atoms with Crippen LogP contribution in [0, 0.1) is 13.8 Å². The molecule has 1 amide bonds. The number of hydrogen-bond donors (Lipinski definition) is 2. The Labute approximate surface area is 178 Å². The van der Waals surface area contributed by atoms with Gasteiger partial charge in [0.15, 0.2) is 0 Å². The van der Waals surface area contributed by atoms with Crippen molar-refractivity contribution in [1.29, 1.82) is 0 Å². The van der Waals surface area contributed by atoms with Crippen LogP contribution in [-0.4, -0.2) is 14.3 Å². The Bertz CT molecular complexity index is 1150. The number of rotatable bonds is 6. The fourth-order valence-electron chi connectivity index (χ4n) is 3.15. The Morgan fingerprint density at radius 2 is 1.50 bits per heavy atom. The Kier molecular flexibility index (Phi) is 6.27. The second-order valence-electron chi connectivity index (χ2n) is 7.64. The molecule has 0 heterocycles. The summed E-state index contributed by atoms with van der Waals surface area (Å²) < 4.78 is 27.6. The average Bonchev–Trinajstić information content (AvgIpc) is 2.70. The molecule has 0 spiro atoms. The lowest BCUT2D eigenvalue weighted by Gasteiger charge is -2.16.